The summed E-state index contributed by atoms with van der Waals surface area (Å²) in [6, 6.07) is 8.26. The van der Waals surface area contributed by atoms with Crippen molar-refractivity contribution >= 4 is 34.7 Å². The standard InChI is InChI=1S/C13H8Cl2FNO/c14-8-1-2-11(12(16)6-8)13(18)7-3-9(15)5-10(17)4-7/h1-6H,17H2. The minimum Gasteiger partial charge on any atom is -0.399 e. The van der Waals surface area contributed by atoms with E-state index in [1.165, 1.54) is 30.3 Å². The Hall–Kier alpha value is -1.58. The zero-order valence-electron chi connectivity index (χ0n) is 9.08. The Bertz CT molecular complexity index is 608. The van der Waals surface area contributed by atoms with Gasteiger partial charge >= 0.3 is 0 Å². The topological polar surface area (TPSA) is 43.1 Å². The molecule has 0 aromatic heterocycles. The van der Waals surface area contributed by atoms with Crippen LogP contribution in [0.1, 0.15) is 15.9 Å². The third-order valence-corrected chi connectivity index (χ3v) is 2.81. The van der Waals surface area contributed by atoms with Crippen LogP contribution in [0.25, 0.3) is 0 Å². The van der Waals surface area contributed by atoms with Crippen LogP contribution in [0.4, 0.5) is 10.1 Å². The van der Waals surface area contributed by atoms with Gasteiger partial charge in [0.2, 0.25) is 0 Å². The lowest BCUT2D eigenvalue weighted by molar-refractivity contribution is 0.103. The van der Waals surface area contributed by atoms with E-state index in [9.17, 15) is 9.18 Å². The zero-order chi connectivity index (χ0) is 13.3. The quantitative estimate of drug-likeness (QED) is 0.670. The molecule has 0 aliphatic carbocycles. The minimum atomic E-state index is -0.675. The average molecular weight is 284 g/mol. The smallest absolute Gasteiger partial charge is 0.196 e. The maximum atomic E-state index is 13.6. The van der Waals surface area contributed by atoms with E-state index < -0.39 is 11.6 Å². The fraction of sp³-hybridized carbons (Fsp3) is 0. The number of nitrogens with two attached hydrogens (primary N) is 1. The van der Waals surface area contributed by atoms with Gasteiger partial charge in [0.25, 0.3) is 0 Å². The van der Waals surface area contributed by atoms with Gasteiger partial charge in [-0.25, -0.2) is 4.39 Å². The molecule has 5 heteroatoms. The van der Waals surface area contributed by atoms with Crippen molar-refractivity contribution in [2.45, 2.75) is 0 Å². The van der Waals surface area contributed by atoms with Crippen molar-refractivity contribution < 1.29 is 9.18 Å². The van der Waals surface area contributed by atoms with Gasteiger partial charge in [-0.05, 0) is 36.4 Å². The fourth-order valence-corrected chi connectivity index (χ4v) is 1.97. The minimum absolute atomic E-state index is 0.0685. The molecule has 0 unspecified atom stereocenters. The lowest BCUT2D eigenvalue weighted by Crippen LogP contribution is -2.05. The first-order valence-electron chi connectivity index (χ1n) is 5.03. The van der Waals surface area contributed by atoms with Crippen molar-refractivity contribution in [2.75, 3.05) is 5.73 Å². The first-order valence-corrected chi connectivity index (χ1v) is 5.79. The van der Waals surface area contributed by atoms with E-state index in [-0.39, 0.29) is 16.1 Å². The zero-order valence-corrected chi connectivity index (χ0v) is 10.6. The van der Waals surface area contributed by atoms with E-state index in [4.69, 9.17) is 28.9 Å². The van der Waals surface area contributed by atoms with Crippen LogP contribution < -0.4 is 5.73 Å². The number of hydrogen-bond acceptors (Lipinski definition) is 2. The van der Waals surface area contributed by atoms with Gasteiger partial charge in [-0.1, -0.05) is 23.2 Å². The molecule has 0 spiro atoms. The molecule has 18 heavy (non-hydrogen) atoms. The lowest BCUT2D eigenvalue weighted by atomic mass is 10.0. The molecule has 0 radical (unpaired) electrons. The summed E-state index contributed by atoms with van der Waals surface area (Å²) in [5, 5.41) is 0.558. The van der Waals surface area contributed by atoms with Gasteiger partial charge < -0.3 is 5.73 Å². The van der Waals surface area contributed by atoms with Crippen molar-refractivity contribution in [3.05, 3.63) is 63.4 Å². The predicted octanol–water partition coefficient (Wildman–Crippen LogP) is 3.95. The van der Waals surface area contributed by atoms with Crippen molar-refractivity contribution in [1.82, 2.24) is 0 Å². The van der Waals surface area contributed by atoms with Gasteiger partial charge in [0.1, 0.15) is 5.82 Å². The highest BCUT2D eigenvalue weighted by Gasteiger charge is 2.15. The van der Waals surface area contributed by atoms with E-state index in [0.29, 0.717) is 10.7 Å². The molecule has 0 aliphatic heterocycles. The molecule has 0 heterocycles. The molecule has 2 aromatic carbocycles. The molecule has 0 saturated heterocycles. The van der Waals surface area contributed by atoms with Crippen LogP contribution >= 0.6 is 23.2 Å². The third kappa shape index (κ3) is 2.63. The SMILES string of the molecule is Nc1cc(Cl)cc(C(=O)c2ccc(Cl)cc2F)c1. The predicted molar refractivity (Wildman–Crippen MR) is 70.7 cm³/mol. The summed E-state index contributed by atoms with van der Waals surface area (Å²) in [7, 11) is 0. The Morgan fingerprint density at radius 1 is 1.06 bits per heavy atom. The molecule has 2 nitrogen and oxygen atoms in total. The molecular weight excluding hydrogens is 276 g/mol. The summed E-state index contributed by atoms with van der Waals surface area (Å²) >= 11 is 11.4. The molecule has 0 saturated carbocycles. The number of rotatable bonds is 2. The molecule has 92 valence electrons. The molecule has 2 aromatic rings. The van der Waals surface area contributed by atoms with Crippen LogP contribution in [0.3, 0.4) is 0 Å². The number of ketones is 1. The number of carbonyl (C=O) groups excluding carboxylic acids is 1. The molecule has 0 aliphatic rings. The van der Waals surface area contributed by atoms with Gasteiger partial charge in [-0.2, -0.15) is 0 Å². The molecule has 2 rings (SSSR count). The number of anilines is 1. The lowest BCUT2D eigenvalue weighted by Gasteiger charge is -2.05. The highest BCUT2D eigenvalue weighted by Crippen LogP contribution is 2.22. The summed E-state index contributed by atoms with van der Waals surface area (Å²) in [6.07, 6.45) is 0. The Balaban J connectivity index is 2.47. The second-order valence-electron chi connectivity index (χ2n) is 3.73. The van der Waals surface area contributed by atoms with Crippen LogP contribution in [0, 0.1) is 5.82 Å². The molecule has 0 atom stereocenters. The average Bonchev–Trinajstić information content (AvgIpc) is 2.26. The molecule has 0 fully saturated rings. The van der Waals surface area contributed by atoms with Gasteiger partial charge in [-0.3, -0.25) is 4.79 Å². The number of nitrogen functional groups attached to an aromatic ring is 1. The Morgan fingerprint density at radius 2 is 1.78 bits per heavy atom. The Morgan fingerprint density at radius 3 is 2.39 bits per heavy atom. The Kier molecular flexibility index (Phi) is 3.55. The van der Waals surface area contributed by atoms with Crippen LogP contribution in [0.15, 0.2) is 36.4 Å². The summed E-state index contributed by atoms with van der Waals surface area (Å²) in [5.41, 5.74) is 6.10. The first-order chi connectivity index (χ1) is 8.47. The van der Waals surface area contributed by atoms with E-state index in [0.717, 1.165) is 6.07 Å². The number of carbonyl (C=O) groups is 1. The normalized spacial score (nSPS) is 10.4. The molecular formula is C13H8Cl2FNO. The van der Waals surface area contributed by atoms with Crippen LogP contribution in [0.2, 0.25) is 10.0 Å². The summed E-state index contributed by atoms with van der Waals surface area (Å²) in [6.45, 7) is 0. The maximum Gasteiger partial charge on any atom is 0.196 e. The van der Waals surface area contributed by atoms with Crippen molar-refractivity contribution in [3.63, 3.8) is 0 Å². The van der Waals surface area contributed by atoms with Crippen LogP contribution in [-0.2, 0) is 0 Å². The number of hydrogen-bond donors (Lipinski definition) is 1. The number of benzene rings is 2. The van der Waals surface area contributed by atoms with Gasteiger partial charge in [0, 0.05) is 21.3 Å². The maximum absolute atomic E-state index is 13.6. The van der Waals surface area contributed by atoms with Gasteiger partial charge in [-0.15, -0.1) is 0 Å². The highest BCUT2D eigenvalue weighted by molar-refractivity contribution is 6.31. The largest absolute Gasteiger partial charge is 0.399 e. The van der Waals surface area contributed by atoms with Gasteiger partial charge in [0.15, 0.2) is 5.78 Å². The summed E-state index contributed by atoms with van der Waals surface area (Å²) < 4.78 is 13.6. The molecule has 0 bridgehead atoms. The van der Waals surface area contributed by atoms with Crippen molar-refractivity contribution in [3.8, 4) is 0 Å². The van der Waals surface area contributed by atoms with E-state index in [1.54, 1.807) is 0 Å². The van der Waals surface area contributed by atoms with Crippen molar-refractivity contribution in [2.24, 2.45) is 0 Å². The summed E-state index contributed by atoms with van der Waals surface area (Å²) in [4.78, 5) is 12.1. The second-order valence-corrected chi connectivity index (χ2v) is 4.60. The summed E-state index contributed by atoms with van der Waals surface area (Å²) in [5.74, 6) is -1.16. The highest BCUT2D eigenvalue weighted by atomic mass is 35.5. The van der Waals surface area contributed by atoms with Crippen molar-refractivity contribution in [1.29, 1.82) is 0 Å². The monoisotopic (exact) mass is 283 g/mol. The third-order valence-electron chi connectivity index (χ3n) is 2.36. The second kappa shape index (κ2) is 4.96. The number of halogens is 3. The molecule has 2 N–H and O–H groups in total. The fourth-order valence-electron chi connectivity index (χ4n) is 1.57. The van der Waals surface area contributed by atoms with E-state index in [2.05, 4.69) is 0 Å². The van der Waals surface area contributed by atoms with Crippen LogP contribution in [0.5, 0.6) is 0 Å². The molecule has 0 amide bonds. The van der Waals surface area contributed by atoms with E-state index in [1.807, 2.05) is 0 Å². The first kappa shape index (κ1) is 12.9. The van der Waals surface area contributed by atoms with Gasteiger partial charge in [0.05, 0.1) is 5.56 Å². The van der Waals surface area contributed by atoms with E-state index >= 15 is 0 Å². The Labute approximate surface area is 113 Å². The van der Waals surface area contributed by atoms with Crippen LogP contribution in [-0.4, -0.2) is 5.78 Å².